The zero-order valence-corrected chi connectivity index (χ0v) is 17.4. The minimum absolute atomic E-state index is 0. The molecule has 158 valence electrons. The molecule has 0 bridgehead atoms. The number of hydrogen-bond acceptors (Lipinski definition) is 6. The van der Waals surface area contributed by atoms with Crippen molar-refractivity contribution >= 4 is 41.3 Å². The van der Waals surface area contributed by atoms with Gasteiger partial charge in [-0.05, 0) is 43.2 Å². The number of hydrogen-bond donors (Lipinski definition) is 2. The fraction of sp³-hybridized carbons (Fsp3) is 0.182. The molecule has 4 heterocycles. The van der Waals surface area contributed by atoms with Gasteiger partial charge >= 0.3 is 5.97 Å². The average Bonchev–Trinajstić information content (AvgIpc) is 3.46. The molecular formula is C22H21ClN6O2. The lowest BCUT2D eigenvalue weighted by atomic mass is 10.1. The van der Waals surface area contributed by atoms with E-state index < -0.39 is 5.97 Å². The number of aromatic nitrogens is 4. The Morgan fingerprint density at radius 3 is 2.68 bits per heavy atom. The number of carboxylic acid groups (broad SMARTS) is 1. The van der Waals surface area contributed by atoms with Crippen LogP contribution >= 0.6 is 12.4 Å². The van der Waals surface area contributed by atoms with Crippen LogP contribution in [0, 0.1) is 0 Å². The van der Waals surface area contributed by atoms with Crippen molar-refractivity contribution in [1.82, 2.24) is 19.6 Å². The maximum Gasteiger partial charge on any atom is 0.335 e. The van der Waals surface area contributed by atoms with Crippen LogP contribution in [-0.2, 0) is 0 Å². The van der Waals surface area contributed by atoms with Crippen molar-refractivity contribution in [2.45, 2.75) is 12.8 Å². The third-order valence-corrected chi connectivity index (χ3v) is 5.19. The lowest BCUT2D eigenvalue weighted by molar-refractivity contribution is 0.0697. The maximum atomic E-state index is 11.3. The predicted molar refractivity (Wildman–Crippen MR) is 122 cm³/mol. The third-order valence-electron chi connectivity index (χ3n) is 5.19. The summed E-state index contributed by atoms with van der Waals surface area (Å²) in [7, 11) is 0. The number of fused-ring (bicyclic) bond motifs is 1. The normalized spacial score (nSPS) is 13.2. The fourth-order valence-corrected chi connectivity index (χ4v) is 3.71. The summed E-state index contributed by atoms with van der Waals surface area (Å²) in [6.45, 7) is 2.06. The summed E-state index contributed by atoms with van der Waals surface area (Å²) < 4.78 is 1.68. The SMILES string of the molecule is Cl.O=C(O)c1cccc(-c2cc(Nc3cccc(N4CCCC4)n3)c3nccn3n2)c1. The zero-order valence-electron chi connectivity index (χ0n) is 16.6. The van der Waals surface area contributed by atoms with Crippen molar-refractivity contribution in [3.8, 4) is 11.3 Å². The molecule has 2 N–H and O–H groups in total. The van der Waals surface area contributed by atoms with Gasteiger partial charge in [0, 0.05) is 31.0 Å². The lowest BCUT2D eigenvalue weighted by Gasteiger charge is -2.17. The van der Waals surface area contributed by atoms with Crippen LogP contribution in [-0.4, -0.2) is 43.7 Å². The van der Waals surface area contributed by atoms with Gasteiger partial charge in [-0.3, -0.25) is 0 Å². The molecule has 0 saturated carbocycles. The van der Waals surface area contributed by atoms with Gasteiger partial charge < -0.3 is 15.3 Å². The van der Waals surface area contributed by atoms with Gasteiger partial charge in [-0.25, -0.2) is 19.3 Å². The molecule has 0 spiro atoms. The van der Waals surface area contributed by atoms with E-state index in [0.29, 0.717) is 16.9 Å². The Balaban J connectivity index is 0.00000231. The number of rotatable bonds is 5. The molecule has 0 aliphatic carbocycles. The second kappa shape index (κ2) is 8.61. The van der Waals surface area contributed by atoms with Crippen LogP contribution in [0.3, 0.4) is 0 Å². The highest BCUT2D eigenvalue weighted by molar-refractivity contribution is 5.89. The molecule has 3 aromatic heterocycles. The first-order chi connectivity index (χ1) is 14.7. The summed E-state index contributed by atoms with van der Waals surface area (Å²) in [5.41, 5.74) is 2.99. The van der Waals surface area contributed by atoms with Gasteiger partial charge in [-0.15, -0.1) is 12.4 Å². The zero-order chi connectivity index (χ0) is 20.5. The second-order valence-electron chi connectivity index (χ2n) is 7.22. The van der Waals surface area contributed by atoms with Gasteiger partial charge in [0.15, 0.2) is 5.65 Å². The molecule has 0 amide bonds. The molecule has 1 saturated heterocycles. The van der Waals surface area contributed by atoms with Crippen LogP contribution in [0.5, 0.6) is 0 Å². The smallest absolute Gasteiger partial charge is 0.335 e. The van der Waals surface area contributed by atoms with Crippen LogP contribution in [0.25, 0.3) is 16.9 Å². The van der Waals surface area contributed by atoms with E-state index in [1.165, 1.54) is 12.8 Å². The van der Waals surface area contributed by atoms with E-state index in [1.807, 2.05) is 30.3 Å². The molecule has 31 heavy (non-hydrogen) atoms. The predicted octanol–water partition coefficient (Wildman–Crippen LogP) is 4.26. The van der Waals surface area contributed by atoms with Crippen molar-refractivity contribution < 1.29 is 9.90 Å². The first-order valence-electron chi connectivity index (χ1n) is 9.84. The van der Waals surface area contributed by atoms with Crippen molar-refractivity contribution in [3.05, 3.63) is 66.5 Å². The highest BCUT2D eigenvalue weighted by Crippen LogP contribution is 2.27. The number of benzene rings is 1. The third kappa shape index (κ3) is 4.15. The molecule has 4 aromatic rings. The number of nitrogens with one attached hydrogen (secondary N) is 1. The number of nitrogens with zero attached hydrogens (tertiary/aromatic N) is 5. The topological polar surface area (TPSA) is 95.7 Å². The van der Waals surface area contributed by atoms with Crippen molar-refractivity contribution in [1.29, 1.82) is 0 Å². The van der Waals surface area contributed by atoms with E-state index in [1.54, 1.807) is 35.1 Å². The molecule has 1 aliphatic rings. The van der Waals surface area contributed by atoms with Crippen LogP contribution in [0.1, 0.15) is 23.2 Å². The number of aromatic carboxylic acids is 1. The number of pyridine rings is 1. The number of halogens is 1. The first kappa shape index (κ1) is 20.6. The van der Waals surface area contributed by atoms with Crippen LogP contribution in [0.2, 0.25) is 0 Å². The van der Waals surface area contributed by atoms with Gasteiger partial charge in [0.25, 0.3) is 0 Å². The summed E-state index contributed by atoms with van der Waals surface area (Å²) in [6, 6.07) is 14.5. The number of imidazole rings is 1. The number of anilines is 3. The van der Waals surface area contributed by atoms with E-state index in [0.717, 1.165) is 30.4 Å². The summed E-state index contributed by atoms with van der Waals surface area (Å²) in [5, 5.41) is 17.2. The minimum atomic E-state index is -0.971. The Kier molecular flexibility index (Phi) is 5.73. The van der Waals surface area contributed by atoms with Gasteiger partial charge in [-0.1, -0.05) is 18.2 Å². The Bertz CT molecular complexity index is 1240. The maximum absolute atomic E-state index is 11.3. The summed E-state index contributed by atoms with van der Waals surface area (Å²) in [4.78, 5) is 22.8. The van der Waals surface area contributed by atoms with Crippen molar-refractivity contribution in [2.75, 3.05) is 23.3 Å². The van der Waals surface area contributed by atoms with E-state index in [9.17, 15) is 9.90 Å². The summed E-state index contributed by atoms with van der Waals surface area (Å²) >= 11 is 0. The van der Waals surface area contributed by atoms with Crippen LogP contribution in [0.15, 0.2) is 60.9 Å². The number of carbonyl (C=O) groups is 1. The molecule has 0 unspecified atom stereocenters. The highest BCUT2D eigenvalue weighted by atomic mass is 35.5. The largest absolute Gasteiger partial charge is 0.478 e. The molecule has 8 nitrogen and oxygen atoms in total. The van der Waals surface area contributed by atoms with E-state index >= 15 is 0 Å². The molecule has 1 aromatic carbocycles. The van der Waals surface area contributed by atoms with Crippen molar-refractivity contribution in [2.24, 2.45) is 0 Å². The average molecular weight is 437 g/mol. The van der Waals surface area contributed by atoms with Crippen LogP contribution < -0.4 is 10.2 Å². The molecular weight excluding hydrogens is 416 g/mol. The molecule has 0 radical (unpaired) electrons. The van der Waals surface area contributed by atoms with Gasteiger partial charge in [-0.2, -0.15) is 5.10 Å². The van der Waals surface area contributed by atoms with E-state index in [-0.39, 0.29) is 18.0 Å². The summed E-state index contributed by atoms with van der Waals surface area (Å²) in [5.74, 6) is 0.711. The fourth-order valence-electron chi connectivity index (χ4n) is 3.71. The van der Waals surface area contributed by atoms with E-state index in [2.05, 4.69) is 20.3 Å². The Morgan fingerprint density at radius 2 is 1.87 bits per heavy atom. The Labute approximate surface area is 185 Å². The summed E-state index contributed by atoms with van der Waals surface area (Å²) in [6.07, 6.45) is 5.83. The van der Waals surface area contributed by atoms with Gasteiger partial charge in [0.05, 0.1) is 16.9 Å². The highest BCUT2D eigenvalue weighted by Gasteiger charge is 2.15. The molecule has 5 rings (SSSR count). The van der Waals surface area contributed by atoms with E-state index in [4.69, 9.17) is 4.98 Å². The lowest BCUT2D eigenvalue weighted by Crippen LogP contribution is -2.19. The monoisotopic (exact) mass is 436 g/mol. The minimum Gasteiger partial charge on any atom is -0.478 e. The van der Waals surface area contributed by atoms with Gasteiger partial charge in [0.1, 0.15) is 11.6 Å². The van der Waals surface area contributed by atoms with Gasteiger partial charge in [0.2, 0.25) is 0 Å². The quantitative estimate of drug-likeness (QED) is 0.482. The number of carboxylic acids is 1. The molecule has 0 atom stereocenters. The van der Waals surface area contributed by atoms with Crippen LogP contribution in [0.4, 0.5) is 17.3 Å². The Hall–Kier alpha value is -3.65. The Morgan fingerprint density at radius 1 is 1.06 bits per heavy atom. The first-order valence-corrected chi connectivity index (χ1v) is 9.84. The molecule has 1 fully saturated rings. The molecule has 9 heteroatoms. The second-order valence-corrected chi connectivity index (χ2v) is 7.22. The standard InChI is InChI=1S/C22H20N6O2.ClH/c29-22(30)16-6-3-5-15(13-16)17-14-18(21-23-9-12-28(21)26-17)24-19-7-4-8-20(25-19)27-10-1-2-11-27;/h3-9,12-14H,1-2,10-11H2,(H,24,25)(H,29,30);1H. The van der Waals surface area contributed by atoms with Crippen molar-refractivity contribution in [3.63, 3.8) is 0 Å². The molecule has 1 aliphatic heterocycles.